The average Bonchev–Trinajstić information content (AvgIpc) is 2.63. The number of piperidine rings is 1. The Morgan fingerprint density at radius 3 is 2.75 bits per heavy atom. The number of hydrogen-bond acceptors (Lipinski definition) is 4. The molecule has 0 aliphatic carbocycles. The fourth-order valence-corrected chi connectivity index (χ4v) is 3.00. The van der Waals surface area contributed by atoms with Gasteiger partial charge in [0, 0.05) is 24.3 Å². The molecule has 3 rings (SSSR count). The zero-order valence-corrected chi connectivity index (χ0v) is 14.3. The van der Waals surface area contributed by atoms with Gasteiger partial charge in [-0.25, -0.2) is 9.97 Å². The number of amides is 1. The summed E-state index contributed by atoms with van der Waals surface area (Å²) in [6.45, 7) is 2.40. The van der Waals surface area contributed by atoms with Crippen molar-refractivity contribution in [3.05, 3.63) is 52.8 Å². The summed E-state index contributed by atoms with van der Waals surface area (Å²) >= 11 is 6.09. The van der Waals surface area contributed by atoms with Crippen molar-refractivity contribution in [2.24, 2.45) is 0 Å². The van der Waals surface area contributed by atoms with Crippen LogP contribution in [0.4, 0.5) is 5.95 Å². The topological polar surface area (TPSA) is 58.1 Å². The molecule has 1 aliphatic rings. The van der Waals surface area contributed by atoms with Crippen molar-refractivity contribution in [2.45, 2.75) is 32.2 Å². The molecule has 1 fully saturated rings. The molecule has 1 aliphatic heterocycles. The molecule has 24 heavy (non-hydrogen) atoms. The molecule has 126 valence electrons. The van der Waals surface area contributed by atoms with Crippen LogP contribution in [0.3, 0.4) is 0 Å². The number of nitrogens with one attached hydrogen (secondary N) is 1. The standard InChI is InChI=1S/C18H21ClN4O/c19-16-7-3-2-6-14(16)12-17(24)21-13-15-8-9-20-18(22-15)23-10-4-1-5-11-23/h2-3,6-9H,1,4-5,10-13H2,(H,21,24). The van der Waals surface area contributed by atoms with E-state index in [1.165, 1.54) is 19.3 Å². The first-order valence-corrected chi connectivity index (χ1v) is 8.67. The van der Waals surface area contributed by atoms with Crippen molar-refractivity contribution >= 4 is 23.5 Å². The predicted molar refractivity (Wildman–Crippen MR) is 95.1 cm³/mol. The highest BCUT2D eigenvalue weighted by atomic mass is 35.5. The molecule has 0 saturated carbocycles. The summed E-state index contributed by atoms with van der Waals surface area (Å²) in [6.07, 6.45) is 5.66. The third kappa shape index (κ3) is 4.45. The first kappa shape index (κ1) is 16.7. The maximum absolute atomic E-state index is 12.1. The number of rotatable bonds is 5. The Morgan fingerprint density at radius 2 is 1.96 bits per heavy atom. The molecule has 1 aromatic carbocycles. The molecular formula is C18H21ClN4O. The van der Waals surface area contributed by atoms with Crippen LogP contribution in [0.1, 0.15) is 30.5 Å². The molecule has 5 nitrogen and oxygen atoms in total. The summed E-state index contributed by atoms with van der Waals surface area (Å²) in [5, 5.41) is 3.51. The molecule has 1 amide bonds. The van der Waals surface area contributed by atoms with Crippen molar-refractivity contribution < 1.29 is 4.79 Å². The summed E-state index contributed by atoms with van der Waals surface area (Å²) in [5.74, 6) is 0.689. The lowest BCUT2D eigenvalue weighted by Gasteiger charge is -2.26. The van der Waals surface area contributed by atoms with Gasteiger partial charge in [-0.05, 0) is 37.0 Å². The van der Waals surface area contributed by atoms with Gasteiger partial charge in [-0.1, -0.05) is 29.8 Å². The quantitative estimate of drug-likeness (QED) is 0.906. The fourth-order valence-electron chi connectivity index (χ4n) is 2.80. The number of anilines is 1. The first-order chi connectivity index (χ1) is 11.7. The SMILES string of the molecule is O=C(Cc1ccccc1Cl)NCc1ccnc(N2CCCCC2)n1. The molecule has 0 radical (unpaired) electrons. The molecule has 6 heteroatoms. The summed E-state index contributed by atoms with van der Waals surface area (Å²) in [7, 11) is 0. The molecule has 0 unspecified atom stereocenters. The summed E-state index contributed by atoms with van der Waals surface area (Å²) < 4.78 is 0. The molecule has 1 saturated heterocycles. The Bertz CT molecular complexity index is 701. The van der Waals surface area contributed by atoms with E-state index in [-0.39, 0.29) is 12.3 Å². The van der Waals surface area contributed by atoms with Gasteiger partial charge in [-0.2, -0.15) is 0 Å². The van der Waals surface area contributed by atoms with Gasteiger partial charge < -0.3 is 10.2 Å². The molecule has 2 aromatic rings. The zero-order chi connectivity index (χ0) is 16.8. The second kappa shape index (κ2) is 8.11. The van der Waals surface area contributed by atoms with Gasteiger partial charge in [0.25, 0.3) is 0 Å². The molecule has 1 aromatic heterocycles. The van der Waals surface area contributed by atoms with Crippen molar-refractivity contribution in [3.63, 3.8) is 0 Å². The number of carbonyl (C=O) groups is 1. The number of benzene rings is 1. The number of carbonyl (C=O) groups excluding carboxylic acids is 1. The minimum absolute atomic E-state index is 0.0683. The largest absolute Gasteiger partial charge is 0.350 e. The van der Waals surface area contributed by atoms with E-state index in [2.05, 4.69) is 20.2 Å². The first-order valence-electron chi connectivity index (χ1n) is 8.29. The molecular weight excluding hydrogens is 324 g/mol. The molecule has 2 heterocycles. The Balaban J connectivity index is 1.56. The highest BCUT2D eigenvalue weighted by molar-refractivity contribution is 6.31. The van der Waals surface area contributed by atoms with Crippen LogP contribution >= 0.6 is 11.6 Å². The van der Waals surface area contributed by atoms with Crippen LogP contribution in [0, 0.1) is 0 Å². The van der Waals surface area contributed by atoms with E-state index in [4.69, 9.17) is 11.6 Å². The predicted octanol–water partition coefficient (Wildman–Crippen LogP) is 2.98. The van der Waals surface area contributed by atoms with Crippen molar-refractivity contribution in [1.29, 1.82) is 0 Å². The van der Waals surface area contributed by atoms with E-state index in [9.17, 15) is 4.79 Å². The van der Waals surface area contributed by atoms with Crippen LogP contribution in [0.5, 0.6) is 0 Å². The van der Waals surface area contributed by atoms with Crippen molar-refractivity contribution in [2.75, 3.05) is 18.0 Å². The van der Waals surface area contributed by atoms with Crippen LogP contribution in [0.2, 0.25) is 5.02 Å². The lowest BCUT2D eigenvalue weighted by atomic mass is 10.1. The Morgan fingerprint density at radius 1 is 1.17 bits per heavy atom. The highest BCUT2D eigenvalue weighted by Crippen LogP contribution is 2.16. The summed E-state index contributed by atoms with van der Waals surface area (Å²) in [5.41, 5.74) is 1.64. The molecule has 0 bridgehead atoms. The van der Waals surface area contributed by atoms with Crippen molar-refractivity contribution in [3.8, 4) is 0 Å². The van der Waals surface area contributed by atoms with Crippen LogP contribution in [-0.4, -0.2) is 29.0 Å². The minimum atomic E-state index is -0.0683. The number of aromatic nitrogens is 2. The Kier molecular flexibility index (Phi) is 5.64. The van der Waals surface area contributed by atoms with Crippen LogP contribution in [-0.2, 0) is 17.8 Å². The Hall–Kier alpha value is -2.14. The third-order valence-electron chi connectivity index (χ3n) is 4.11. The third-order valence-corrected chi connectivity index (χ3v) is 4.48. The van der Waals surface area contributed by atoms with E-state index >= 15 is 0 Å². The summed E-state index contributed by atoms with van der Waals surface area (Å²) in [6, 6.07) is 9.22. The van der Waals surface area contributed by atoms with Crippen LogP contribution in [0.15, 0.2) is 36.5 Å². The number of halogens is 1. The van der Waals surface area contributed by atoms with Gasteiger partial charge in [-0.15, -0.1) is 0 Å². The summed E-state index contributed by atoms with van der Waals surface area (Å²) in [4.78, 5) is 23.2. The van der Waals surface area contributed by atoms with E-state index < -0.39 is 0 Å². The van der Waals surface area contributed by atoms with Gasteiger partial charge in [-0.3, -0.25) is 4.79 Å². The molecule has 0 spiro atoms. The second-order valence-corrected chi connectivity index (χ2v) is 6.35. The monoisotopic (exact) mass is 344 g/mol. The van der Waals surface area contributed by atoms with E-state index in [0.29, 0.717) is 11.6 Å². The molecule has 1 N–H and O–H groups in total. The normalized spacial score (nSPS) is 14.5. The Labute approximate surface area is 147 Å². The van der Waals surface area contributed by atoms with Gasteiger partial charge in [0.1, 0.15) is 0 Å². The van der Waals surface area contributed by atoms with Gasteiger partial charge in [0.05, 0.1) is 18.7 Å². The maximum atomic E-state index is 12.1. The van der Waals surface area contributed by atoms with Crippen LogP contribution < -0.4 is 10.2 Å². The lowest BCUT2D eigenvalue weighted by molar-refractivity contribution is -0.120. The fraction of sp³-hybridized carbons (Fsp3) is 0.389. The number of nitrogens with zero attached hydrogens (tertiary/aromatic N) is 3. The van der Waals surface area contributed by atoms with E-state index in [1.54, 1.807) is 12.3 Å². The highest BCUT2D eigenvalue weighted by Gasteiger charge is 2.14. The average molecular weight is 345 g/mol. The lowest BCUT2D eigenvalue weighted by Crippen LogP contribution is -2.31. The van der Waals surface area contributed by atoms with E-state index in [1.807, 2.05) is 24.3 Å². The number of hydrogen-bond donors (Lipinski definition) is 1. The zero-order valence-electron chi connectivity index (χ0n) is 13.5. The van der Waals surface area contributed by atoms with E-state index in [0.717, 1.165) is 30.3 Å². The van der Waals surface area contributed by atoms with Crippen LogP contribution in [0.25, 0.3) is 0 Å². The van der Waals surface area contributed by atoms with Gasteiger partial charge >= 0.3 is 0 Å². The van der Waals surface area contributed by atoms with Gasteiger partial charge in [0.2, 0.25) is 11.9 Å². The van der Waals surface area contributed by atoms with Gasteiger partial charge in [0.15, 0.2) is 0 Å². The minimum Gasteiger partial charge on any atom is -0.350 e. The smallest absolute Gasteiger partial charge is 0.225 e. The van der Waals surface area contributed by atoms with Crippen molar-refractivity contribution in [1.82, 2.24) is 15.3 Å². The maximum Gasteiger partial charge on any atom is 0.225 e. The second-order valence-electron chi connectivity index (χ2n) is 5.94. The molecule has 0 atom stereocenters.